The van der Waals surface area contributed by atoms with Crippen LogP contribution < -0.4 is 10.6 Å². The van der Waals surface area contributed by atoms with Crippen molar-refractivity contribution >= 4 is 16.5 Å². The molecule has 1 aliphatic rings. The summed E-state index contributed by atoms with van der Waals surface area (Å²) in [7, 11) is 0. The van der Waals surface area contributed by atoms with Gasteiger partial charge >= 0.3 is 0 Å². The van der Waals surface area contributed by atoms with Crippen LogP contribution in [0.1, 0.15) is 57.0 Å². The maximum Gasteiger partial charge on any atom is 0.186 e. The van der Waals surface area contributed by atoms with E-state index in [9.17, 15) is 0 Å². The van der Waals surface area contributed by atoms with Crippen LogP contribution in [-0.2, 0) is 6.54 Å². The van der Waals surface area contributed by atoms with E-state index in [1.807, 2.05) is 0 Å². The van der Waals surface area contributed by atoms with Crippen LogP contribution in [0.5, 0.6) is 0 Å². The predicted octanol–water partition coefficient (Wildman–Crippen LogP) is 3.35. The molecule has 0 bridgehead atoms. The van der Waals surface area contributed by atoms with Gasteiger partial charge in [0.25, 0.3) is 0 Å². The van der Waals surface area contributed by atoms with E-state index in [4.69, 9.17) is 10.7 Å². The molecule has 4 heteroatoms. The molecule has 18 heavy (non-hydrogen) atoms. The van der Waals surface area contributed by atoms with Gasteiger partial charge in [-0.3, -0.25) is 0 Å². The van der Waals surface area contributed by atoms with E-state index in [0.717, 1.165) is 6.54 Å². The Morgan fingerprint density at radius 1 is 1.39 bits per heavy atom. The van der Waals surface area contributed by atoms with Crippen LogP contribution >= 0.6 is 11.3 Å². The molecule has 3 nitrogen and oxygen atoms in total. The Labute approximate surface area is 114 Å². The van der Waals surface area contributed by atoms with Crippen LogP contribution in [0.4, 0.5) is 5.13 Å². The molecule has 0 spiro atoms. The quantitative estimate of drug-likeness (QED) is 0.909. The summed E-state index contributed by atoms with van der Waals surface area (Å²) in [5.41, 5.74) is 7.05. The van der Waals surface area contributed by atoms with Gasteiger partial charge in [-0.05, 0) is 24.7 Å². The van der Waals surface area contributed by atoms with Crippen molar-refractivity contribution in [2.24, 2.45) is 11.7 Å². The van der Waals surface area contributed by atoms with Crippen LogP contribution in [0.3, 0.4) is 0 Å². The van der Waals surface area contributed by atoms with Crippen molar-refractivity contribution in [2.45, 2.75) is 59.0 Å². The molecule has 1 fully saturated rings. The Morgan fingerprint density at radius 2 is 2.11 bits per heavy atom. The van der Waals surface area contributed by atoms with Crippen LogP contribution in [0.25, 0.3) is 0 Å². The monoisotopic (exact) mass is 267 g/mol. The number of nitrogens with two attached hydrogens (primary N) is 1. The fourth-order valence-electron chi connectivity index (χ4n) is 2.79. The third kappa shape index (κ3) is 2.54. The summed E-state index contributed by atoms with van der Waals surface area (Å²) in [5, 5.41) is 1.19. The van der Waals surface area contributed by atoms with Crippen molar-refractivity contribution < 1.29 is 0 Å². The summed E-state index contributed by atoms with van der Waals surface area (Å²) in [6, 6.07) is 0.654. The van der Waals surface area contributed by atoms with Crippen LogP contribution in [0.15, 0.2) is 0 Å². The Bertz CT molecular complexity index is 398. The number of nitrogens with zero attached hydrogens (tertiary/aromatic N) is 2. The van der Waals surface area contributed by atoms with E-state index in [-0.39, 0.29) is 0 Å². The molecule has 1 saturated heterocycles. The number of rotatable bonds is 4. The number of anilines is 1. The molecule has 0 saturated carbocycles. The van der Waals surface area contributed by atoms with Gasteiger partial charge in [-0.15, -0.1) is 11.3 Å². The first-order valence-corrected chi connectivity index (χ1v) is 7.82. The van der Waals surface area contributed by atoms with Crippen molar-refractivity contribution in [2.75, 3.05) is 11.4 Å². The molecule has 0 aliphatic carbocycles. The van der Waals surface area contributed by atoms with E-state index < -0.39 is 0 Å². The Hall–Kier alpha value is -0.610. The minimum atomic E-state index is 0.466. The lowest BCUT2D eigenvalue weighted by molar-refractivity contribution is 0.491. The second-order valence-corrected chi connectivity index (χ2v) is 6.87. The van der Waals surface area contributed by atoms with Gasteiger partial charge in [0, 0.05) is 24.0 Å². The summed E-state index contributed by atoms with van der Waals surface area (Å²) in [4.78, 5) is 8.62. The molecule has 1 aromatic rings. The van der Waals surface area contributed by atoms with Crippen molar-refractivity contribution in [1.29, 1.82) is 0 Å². The Kier molecular flexibility index (Phi) is 4.28. The van der Waals surface area contributed by atoms with Crippen molar-refractivity contribution in [3.63, 3.8) is 0 Å². The SMILES string of the molecule is CC(C)c1nc(N2CCCC2C(C)C)sc1CN. The molecule has 2 heterocycles. The highest BCUT2D eigenvalue weighted by Crippen LogP contribution is 2.36. The first-order chi connectivity index (χ1) is 8.54. The largest absolute Gasteiger partial charge is 0.345 e. The highest BCUT2D eigenvalue weighted by Gasteiger charge is 2.30. The molecule has 0 aromatic carbocycles. The van der Waals surface area contributed by atoms with Gasteiger partial charge in [-0.25, -0.2) is 4.98 Å². The first-order valence-electron chi connectivity index (χ1n) is 7.00. The van der Waals surface area contributed by atoms with E-state index >= 15 is 0 Å². The minimum absolute atomic E-state index is 0.466. The highest BCUT2D eigenvalue weighted by atomic mass is 32.1. The zero-order chi connectivity index (χ0) is 13.3. The average molecular weight is 267 g/mol. The van der Waals surface area contributed by atoms with Crippen molar-refractivity contribution in [3.8, 4) is 0 Å². The second kappa shape index (κ2) is 5.57. The number of aromatic nitrogens is 1. The zero-order valence-corrected chi connectivity index (χ0v) is 12.8. The maximum absolute atomic E-state index is 5.85. The molecule has 0 amide bonds. The molecule has 0 radical (unpaired) electrons. The molecule has 102 valence electrons. The lowest BCUT2D eigenvalue weighted by atomic mass is 10.0. The van der Waals surface area contributed by atoms with Crippen LogP contribution in [0, 0.1) is 5.92 Å². The fraction of sp³-hybridized carbons (Fsp3) is 0.786. The summed E-state index contributed by atoms with van der Waals surface area (Å²) in [6.45, 7) is 10.8. The second-order valence-electron chi connectivity index (χ2n) is 5.81. The number of hydrogen-bond acceptors (Lipinski definition) is 4. The van der Waals surface area contributed by atoms with E-state index in [1.165, 1.54) is 28.5 Å². The maximum atomic E-state index is 5.85. The molecule has 1 atom stereocenters. The normalized spacial score (nSPS) is 20.4. The summed E-state index contributed by atoms with van der Waals surface area (Å²) >= 11 is 1.80. The lowest BCUT2D eigenvalue weighted by Gasteiger charge is -2.27. The van der Waals surface area contributed by atoms with Gasteiger partial charge < -0.3 is 10.6 Å². The molecule has 1 aliphatic heterocycles. The lowest BCUT2D eigenvalue weighted by Crippen LogP contribution is -2.33. The third-order valence-corrected chi connectivity index (χ3v) is 4.89. The van der Waals surface area contributed by atoms with Gasteiger partial charge in [-0.2, -0.15) is 0 Å². The molecule has 1 aromatic heterocycles. The summed E-state index contributed by atoms with van der Waals surface area (Å²) in [5.74, 6) is 1.16. The molecule has 2 rings (SSSR count). The molecular weight excluding hydrogens is 242 g/mol. The standard InChI is InChI=1S/C14H25N3S/c1-9(2)11-6-5-7-17(11)14-16-13(10(3)4)12(8-15)18-14/h9-11H,5-8,15H2,1-4H3. The van der Waals surface area contributed by atoms with Crippen molar-refractivity contribution in [1.82, 2.24) is 4.98 Å². The first kappa shape index (κ1) is 13.8. The topological polar surface area (TPSA) is 42.2 Å². The summed E-state index contributed by atoms with van der Waals surface area (Å²) < 4.78 is 0. The van der Waals surface area contributed by atoms with Crippen LogP contribution in [-0.4, -0.2) is 17.6 Å². The fourth-order valence-corrected chi connectivity index (χ4v) is 3.97. The van der Waals surface area contributed by atoms with E-state index in [2.05, 4.69) is 32.6 Å². The van der Waals surface area contributed by atoms with Gasteiger partial charge in [0.1, 0.15) is 0 Å². The Morgan fingerprint density at radius 3 is 2.61 bits per heavy atom. The van der Waals surface area contributed by atoms with E-state index in [1.54, 1.807) is 11.3 Å². The van der Waals surface area contributed by atoms with E-state index in [0.29, 0.717) is 24.4 Å². The van der Waals surface area contributed by atoms with Crippen molar-refractivity contribution in [3.05, 3.63) is 10.6 Å². The van der Waals surface area contributed by atoms with Gasteiger partial charge in [0.05, 0.1) is 5.69 Å². The molecule has 1 unspecified atom stereocenters. The molecular formula is C14H25N3S. The average Bonchev–Trinajstić information content (AvgIpc) is 2.94. The van der Waals surface area contributed by atoms with Gasteiger partial charge in [-0.1, -0.05) is 27.7 Å². The highest BCUT2D eigenvalue weighted by molar-refractivity contribution is 7.15. The number of thiazole rings is 1. The van der Waals surface area contributed by atoms with Gasteiger partial charge in [0.2, 0.25) is 0 Å². The van der Waals surface area contributed by atoms with Gasteiger partial charge in [0.15, 0.2) is 5.13 Å². The Balaban J connectivity index is 2.28. The number of hydrogen-bond donors (Lipinski definition) is 1. The predicted molar refractivity (Wildman–Crippen MR) is 79.3 cm³/mol. The molecule has 2 N–H and O–H groups in total. The smallest absolute Gasteiger partial charge is 0.186 e. The third-order valence-electron chi connectivity index (χ3n) is 3.76. The van der Waals surface area contributed by atoms with Crippen LogP contribution in [0.2, 0.25) is 0 Å². The minimum Gasteiger partial charge on any atom is -0.345 e. The zero-order valence-electron chi connectivity index (χ0n) is 11.9. The summed E-state index contributed by atoms with van der Waals surface area (Å²) in [6.07, 6.45) is 2.59.